The molecular formula is C4H11ClN2O4S2. The Morgan fingerprint density at radius 1 is 1.15 bits per heavy atom. The van der Waals surface area contributed by atoms with Gasteiger partial charge in [-0.05, 0) is 0 Å². The summed E-state index contributed by atoms with van der Waals surface area (Å²) in [5.41, 5.74) is 0. The topological polar surface area (TPSA) is 106 Å². The molecule has 9 heteroatoms. The molecular weight excluding hydrogens is 240 g/mol. The second-order valence-electron chi connectivity index (χ2n) is 2.27. The van der Waals surface area contributed by atoms with E-state index < -0.39 is 31.6 Å². The SMILES string of the molecule is NS(=O)(=O)CCS(=O)(=O)NCCCl. The van der Waals surface area contributed by atoms with Gasteiger partial charge in [0.1, 0.15) is 0 Å². The minimum absolute atomic E-state index is 0.0779. The van der Waals surface area contributed by atoms with Gasteiger partial charge in [-0.25, -0.2) is 26.7 Å². The van der Waals surface area contributed by atoms with Crippen molar-refractivity contribution in [2.24, 2.45) is 5.14 Å². The first-order valence-electron chi connectivity index (χ1n) is 3.30. The summed E-state index contributed by atoms with van der Waals surface area (Å²) in [7, 11) is -7.31. The minimum atomic E-state index is -3.73. The predicted octanol–water partition coefficient (Wildman–Crippen LogP) is -1.57. The molecule has 0 rings (SSSR count). The maximum atomic E-state index is 10.9. The Kier molecular flexibility index (Phi) is 5.15. The van der Waals surface area contributed by atoms with Crippen molar-refractivity contribution in [3.8, 4) is 0 Å². The van der Waals surface area contributed by atoms with Crippen LogP contribution in [-0.4, -0.2) is 40.8 Å². The molecule has 0 fully saturated rings. The molecule has 0 spiro atoms. The fourth-order valence-corrected chi connectivity index (χ4v) is 3.06. The van der Waals surface area contributed by atoms with Crippen LogP contribution in [0.1, 0.15) is 0 Å². The molecule has 13 heavy (non-hydrogen) atoms. The van der Waals surface area contributed by atoms with Crippen LogP contribution in [0.5, 0.6) is 0 Å². The van der Waals surface area contributed by atoms with Crippen molar-refractivity contribution in [1.29, 1.82) is 0 Å². The van der Waals surface area contributed by atoms with Crippen molar-refractivity contribution in [2.75, 3.05) is 23.9 Å². The smallest absolute Gasteiger partial charge is 0.212 e. The highest BCUT2D eigenvalue weighted by Crippen LogP contribution is 1.87. The number of primary sulfonamides is 1. The summed E-state index contributed by atoms with van der Waals surface area (Å²) in [5, 5.41) is 4.63. The maximum Gasteiger partial charge on any atom is 0.212 e. The van der Waals surface area contributed by atoms with Crippen molar-refractivity contribution < 1.29 is 16.8 Å². The number of nitrogens with one attached hydrogen (secondary N) is 1. The molecule has 0 unspecified atom stereocenters. The van der Waals surface area contributed by atoms with Crippen LogP contribution < -0.4 is 9.86 Å². The monoisotopic (exact) mass is 250 g/mol. The molecule has 0 radical (unpaired) electrons. The number of hydrogen-bond donors (Lipinski definition) is 2. The molecule has 0 saturated carbocycles. The van der Waals surface area contributed by atoms with Crippen LogP contribution in [0.3, 0.4) is 0 Å². The summed E-state index contributed by atoms with van der Waals surface area (Å²) in [6.45, 7) is 0.0779. The zero-order chi connectivity index (χ0) is 10.5. The molecule has 0 atom stereocenters. The second kappa shape index (κ2) is 5.11. The molecule has 0 saturated heterocycles. The molecule has 0 aromatic heterocycles. The van der Waals surface area contributed by atoms with E-state index in [0.717, 1.165) is 0 Å². The zero-order valence-electron chi connectivity index (χ0n) is 6.73. The molecule has 0 amide bonds. The Morgan fingerprint density at radius 2 is 1.69 bits per heavy atom. The first kappa shape index (κ1) is 13.1. The summed E-state index contributed by atoms with van der Waals surface area (Å²) in [6, 6.07) is 0. The molecule has 6 nitrogen and oxygen atoms in total. The van der Waals surface area contributed by atoms with Gasteiger partial charge in [0.2, 0.25) is 20.0 Å². The van der Waals surface area contributed by atoms with E-state index in [2.05, 4.69) is 9.86 Å². The zero-order valence-corrected chi connectivity index (χ0v) is 9.12. The summed E-state index contributed by atoms with van der Waals surface area (Å²) >= 11 is 5.23. The average Bonchev–Trinajstić information content (AvgIpc) is 1.97. The standard InChI is InChI=1S/C4H11ClN2O4S2/c5-1-2-7-13(10,11)4-3-12(6,8)9/h7H,1-4H2,(H2,6,8,9). The van der Waals surface area contributed by atoms with Crippen LogP contribution >= 0.6 is 11.6 Å². The molecule has 0 bridgehead atoms. The van der Waals surface area contributed by atoms with Gasteiger partial charge in [-0.3, -0.25) is 0 Å². The van der Waals surface area contributed by atoms with Gasteiger partial charge < -0.3 is 0 Å². The third kappa shape index (κ3) is 8.44. The first-order chi connectivity index (χ1) is 5.77. The number of alkyl halides is 1. The quantitative estimate of drug-likeness (QED) is 0.556. The Morgan fingerprint density at radius 3 is 2.08 bits per heavy atom. The molecule has 3 N–H and O–H groups in total. The van der Waals surface area contributed by atoms with Gasteiger partial charge in [-0.15, -0.1) is 11.6 Å². The molecule has 0 heterocycles. The van der Waals surface area contributed by atoms with Crippen LogP contribution in [-0.2, 0) is 20.0 Å². The fraction of sp³-hybridized carbons (Fsp3) is 1.00. The minimum Gasteiger partial charge on any atom is -0.229 e. The van der Waals surface area contributed by atoms with Crippen molar-refractivity contribution in [3.63, 3.8) is 0 Å². The van der Waals surface area contributed by atoms with Gasteiger partial charge in [0, 0.05) is 12.4 Å². The summed E-state index contributed by atoms with van der Waals surface area (Å²) in [4.78, 5) is 0. The van der Waals surface area contributed by atoms with Gasteiger partial charge >= 0.3 is 0 Å². The van der Waals surface area contributed by atoms with E-state index in [9.17, 15) is 16.8 Å². The number of sulfonamides is 2. The largest absolute Gasteiger partial charge is 0.229 e. The molecule has 0 aromatic rings. The lowest BCUT2D eigenvalue weighted by atomic mass is 10.8. The van der Waals surface area contributed by atoms with Crippen molar-refractivity contribution in [1.82, 2.24) is 4.72 Å². The van der Waals surface area contributed by atoms with Gasteiger partial charge in [0.15, 0.2) is 0 Å². The molecule has 80 valence electrons. The Hall–Kier alpha value is 0.110. The lowest BCUT2D eigenvalue weighted by molar-refractivity contribution is 0.580. The van der Waals surface area contributed by atoms with E-state index in [1.54, 1.807) is 0 Å². The van der Waals surface area contributed by atoms with Crippen LogP contribution in [0.4, 0.5) is 0 Å². The highest BCUT2D eigenvalue weighted by Gasteiger charge is 2.13. The van der Waals surface area contributed by atoms with E-state index in [4.69, 9.17) is 11.6 Å². The highest BCUT2D eigenvalue weighted by atomic mass is 35.5. The number of rotatable bonds is 6. The van der Waals surface area contributed by atoms with E-state index in [0.29, 0.717) is 0 Å². The Labute approximate surface area is 82.5 Å². The Bertz CT molecular complexity index is 335. The molecule has 0 aromatic carbocycles. The highest BCUT2D eigenvalue weighted by molar-refractivity contribution is 7.93. The Balaban J connectivity index is 4.05. The molecule has 0 aliphatic carbocycles. The summed E-state index contributed by atoms with van der Waals surface area (Å²) in [5.74, 6) is -0.998. The van der Waals surface area contributed by atoms with Gasteiger partial charge in [-0.1, -0.05) is 0 Å². The third-order valence-corrected chi connectivity index (χ3v) is 3.66. The normalized spacial score (nSPS) is 13.1. The van der Waals surface area contributed by atoms with Crippen LogP contribution in [0, 0.1) is 0 Å². The van der Waals surface area contributed by atoms with Gasteiger partial charge in [-0.2, -0.15) is 0 Å². The molecule has 0 aliphatic heterocycles. The van der Waals surface area contributed by atoms with E-state index in [1.807, 2.05) is 0 Å². The van der Waals surface area contributed by atoms with Crippen LogP contribution in [0.2, 0.25) is 0 Å². The van der Waals surface area contributed by atoms with Gasteiger partial charge in [0.25, 0.3) is 0 Å². The average molecular weight is 251 g/mol. The van der Waals surface area contributed by atoms with E-state index in [1.165, 1.54) is 0 Å². The van der Waals surface area contributed by atoms with Gasteiger partial charge in [0.05, 0.1) is 11.5 Å². The van der Waals surface area contributed by atoms with Crippen LogP contribution in [0.25, 0.3) is 0 Å². The van der Waals surface area contributed by atoms with Crippen LogP contribution in [0.15, 0.2) is 0 Å². The van der Waals surface area contributed by atoms with Crippen molar-refractivity contribution >= 4 is 31.6 Å². The number of hydrogen-bond acceptors (Lipinski definition) is 4. The van der Waals surface area contributed by atoms with E-state index in [-0.39, 0.29) is 12.4 Å². The summed E-state index contributed by atoms with van der Waals surface area (Å²) < 4.78 is 44.8. The number of halogens is 1. The predicted molar refractivity (Wildman–Crippen MR) is 50.5 cm³/mol. The van der Waals surface area contributed by atoms with Crippen molar-refractivity contribution in [3.05, 3.63) is 0 Å². The lowest BCUT2D eigenvalue weighted by Crippen LogP contribution is -2.32. The fourth-order valence-electron chi connectivity index (χ4n) is 0.492. The van der Waals surface area contributed by atoms with E-state index >= 15 is 0 Å². The molecule has 0 aliphatic rings. The first-order valence-corrected chi connectivity index (χ1v) is 7.21. The third-order valence-electron chi connectivity index (χ3n) is 1.05. The second-order valence-corrected chi connectivity index (χ2v) is 6.31. The lowest BCUT2D eigenvalue weighted by Gasteiger charge is -2.03. The maximum absolute atomic E-state index is 10.9. The number of nitrogens with two attached hydrogens (primary N) is 1. The summed E-state index contributed by atoms with van der Waals surface area (Å²) in [6.07, 6.45) is 0. The van der Waals surface area contributed by atoms with Crippen molar-refractivity contribution in [2.45, 2.75) is 0 Å².